The third-order valence-electron chi connectivity index (χ3n) is 12.3. The van der Waals surface area contributed by atoms with Gasteiger partial charge >= 0.3 is 10.4 Å². The maximum Gasteiger partial charge on any atom is 0.397 e. The zero-order valence-electron chi connectivity index (χ0n) is 44.7. The third kappa shape index (κ3) is 15.3. The number of aryl methyl sites for hydroxylation is 1. The van der Waals surface area contributed by atoms with Gasteiger partial charge in [-0.15, -0.1) is 25.6 Å². The molecule has 8 aromatic rings. The topological polar surface area (TPSA) is 603 Å². The number of hydrogen-bond acceptors (Lipinski definition) is 30. The number of nitrogens with one attached hydrogen (secondary N) is 1. The zero-order chi connectivity index (χ0) is 66.4. The first kappa shape index (κ1) is 67.3. The molecule has 0 spiro atoms. The highest BCUT2D eigenvalue weighted by atomic mass is 32.3. The first-order chi connectivity index (χ1) is 41.6. The van der Waals surface area contributed by atoms with Crippen molar-refractivity contribution in [1.29, 1.82) is 0 Å². The first-order valence-electron chi connectivity index (χ1n) is 24.0. The number of fused-ring (bicyclic) bond motifs is 2. The monoisotopic (exact) mass is 1380 g/mol. The van der Waals surface area contributed by atoms with Crippen LogP contribution < -0.4 is 16.8 Å². The molecule has 0 heterocycles. The Balaban J connectivity index is 1.08. The molecule has 0 aliphatic heterocycles. The summed E-state index contributed by atoms with van der Waals surface area (Å²) in [6, 6.07) is 20.4. The molecular weight excluding hydrogens is 1340 g/mol. The number of benzene rings is 8. The minimum Gasteiger partial charge on any atom is -0.505 e. The Morgan fingerprint density at radius 3 is 1.31 bits per heavy atom. The van der Waals surface area contributed by atoms with Crippen molar-refractivity contribution in [2.75, 3.05) is 29.1 Å². The molecule has 0 bridgehead atoms. The van der Waals surface area contributed by atoms with Crippen LogP contribution in [0.5, 0.6) is 11.5 Å². The minimum atomic E-state index is -5.38. The van der Waals surface area contributed by atoms with E-state index in [2.05, 4.69) is 50.4 Å². The number of sulfone groups is 1. The lowest BCUT2D eigenvalue weighted by Crippen LogP contribution is -2.15. The summed E-state index contributed by atoms with van der Waals surface area (Å²) in [7, 11) is -34.9. The quantitative estimate of drug-likeness (QED) is 0.0191. The Kier molecular flexibility index (Phi) is 18.7. The molecule has 0 aromatic heterocycles. The van der Waals surface area contributed by atoms with Crippen molar-refractivity contribution in [2.24, 2.45) is 40.9 Å². The van der Waals surface area contributed by atoms with Gasteiger partial charge < -0.3 is 54.3 Å². The Morgan fingerprint density at radius 1 is 0.467 bits per heavy atom. The van der Waals surface area contributed by atoms with Gasteiger partial charge in [0, 0.05) is 11.3 Å². The Bertz CT molecular complexity index is 4990. The summed E-state index contributed by atoms with van der Waals surface area (Å²) in [5.41, 5.74) is 7.25. The number of azo groups is 4. The van der Waals surface area contributed by atoms with Crippen LogP contribution in [0.25, 0.3) is 21.5 Å². The highest BCUT2D eigenvalue weighted by Gasteiger charge is 2.32. The van der Waals surface area contributed by atoms with Crippen LogP contribution in [0.4, 0.5) is 62.6 Å². The highest BCUT2D eigenvalue weighted by molar-refractivity contribution is 8.19. The number of phenols is 2. The molecule has 0 unspecified atom stereocenters. The SMILES string of the molecule is Cc1ccc(N=Nc2c(S(O)(O)O)cc3cc(S(=O)(=O)O)c(N=Nc4ccc(NC(=O)c5ccc(N=Nc6c(S(O)(O)O)cc7cc(S(=O)(=O)O)c(N=Nc8ccc(S(=O)(=O)CCOS(=O)(=O)O)cc8)c(N)c7c6O)c(S(=O)(=O)O)c5)cc4)c(O)c3c2N)cc1. The number of carbonyl (C=O) groups excluding carboxylic acids is 1. The molecule has 476 valence electrons. The Labute approximate surface area is 510 Å². The third-order valence-corrected chi connectivity index (χ3v) is 18.8. The molecule has 17 N–H and O–H groups in total. The van der Waals surface area contributed by atoms with E-state index in [0.717, 1.165) is 54.1 Å². The summed E-state index contributed by atoms with van der Waals surface area (Å²) in [4.78, 5) is 7.94. The van der Waals surface area contributed by atoms with Gasteiger partial charge in [0.1, 0.15) is 64.9 Å². The fraction of sp³-hybridized carbons (Fsp3) is 0.0625. The largest absolute Gasteiger partial charge is 0.505 e. The Hall–Kier alpha value is -8.64. The molecule has 0 radical (unpaired) electrons. The molecule has 0 aliphatic carbocycles. The van der Waals surface area contributed by atoms with E-state index in [1.807, 2.05) is 0 Å². The van der Waals surface area contributed by atoms with Gasteiger partial charge in [-0.1, -0.05) is 17.7 Å². The molecule has 1 amide bonds. The predicted molar refractivity (Wildman–Crippen MR) is 322 cm³/mol. The van der Waals surface area contributed by atoms with E-state index in [0.29, 0.717) is 18.2 Å². The average molecular weight is 1380 g/mol. The number of phenolic OH excluding ortho intramolecular Hbond substituents is 2. The molecule has 90 heavy (non-hydrogen) atoms. The second-order valence-electron chi connectivity index (χ2n) is 18.5. The summed E-state index contributed by atoms with van der Waals surface area (Å²) < 4.78 is 228. The molecule has 8 aromatic carbocycles. The van der Waals surface area contributed by atoms with Gasteiger partial charge in [-0.25, -0.2) is 12.6 Å². The van der Waals surface area contributed by atoms with E-state index in [4.69, 9.17) is 16.0 Å². The van der Waals surface area contributed by atoms with Crippen LogP contribution in [-0.4, -0.2) is 116 Å². The smallest absolute Gasteiger partial charge is 0.397 e. The lowest BCUT2D eigenvalue weighted by atomic mass is 10.1. The molecule has 35 nitrogen and oxygen atoms in total. The maximum absolute atomic E-state index is 13.5. The van der Waals surface area contributed by atoms with E-state index in [1.54, 1.807) is 31.2 Å². The number of aromatic hydroxyl groups is 2. The lowest BCUT2D eigenvalue weighted by molar-refractivity contribution is 0.102. The minimum absolute atomic E-state index is 0.0300. The van der Waals surface area contributed by atoms with Crippen LogP contribution in [0, 0.1) is 6.92 Å². The van der Waals surface area contributed by atoms with Crippen molar-refractivity contribution in [3.8, 4) is 11.5 Å². The highest BCUT2D eigenvalue weighted by Crippen LogP contribution is 2.58. The van der Waals surface area contributed by atoms with Gasteiger partial charge in [-0.05, 0) is 121 Å². The van der Waals surface area contributed by atoms with Crippen molar-refractivity contribution in [3.63, 3.8) is 0 Å². The number of nitrogens with two attached hydrogens (primary N) is 2. The standard InChI is InChI=1S/C48H43N11O24S7/c1-23-2-5-28(6-3-23)52-56-42-34(86(68,69)70)19-25-21-36(88(74,75)76)44(46(60)38(25)40(42)49)58-54-29-9-7-27(8-10-29)51-48(62)24-4-15-32(33(18-24)85(65,66)67)55-59-45-37(89(77,78)79)22-26-20-35(87(71,72)73)43(41(50)39(26)47(45)61)57-53-30-11-13-31(14-12-30)84(63,64)17-16-83-90(80,81)82/h2-15,18-22,60-61,68-70,77-79H,16-17,49-50H2,1H3,(H,51,62)(H,65,66,67)(H,71,72,73)(H,74,75,76)(H,80,81,82). The van der Waals surface area contributed by atoms with Crippen LogP contribution in [0.2, 0.25) is 0 Å². The van der Waals surface area contributed by atoms with Gasteiger partial charge in [0.15, 0.2) is 21.3 Å². The van der Waals surface area contributed by atoms with Crippen molar-refractivity contribution in [1.82, 2.24) is 0 Å². The number of carbonyl (C=O) groups is 1. The molecule has 42 heteroatoms. The number of anilines is 3. The zero-order valence-corrected chi connectivity index (χ0v) is 50.5. The van der Waals surface area contributed by atoms with Gasteiger partial charge in [-0.3, -0.25) is 23.0 Å². The van der Waals surface area contributed by atoms with Crippen LogP contribution in [0.3, 0.4) is 0 Å². The van der Waals surface area contributed by atoms with Crippen LogP contribution in [-0.2, 0) is 54.8 Å². The van der Waals surface area contributed by atoms with E-state index in [-0.39, 0.29) is 28.1 Å². The van der Waals surface area contributed by atoms with E-state index < -0.39 is 193 Å². The molecule has 0 saturated carbocycles. The Morgan fingerprint density at radius 2 is 0.856 bits per heavy atom. The van der Waals surface area contributed by atoms with Crippen molar-refractivity contribution >= 4 is 162 Å². The molecule has 0 fully saturated rings. The second kappa shape index (κ2) is 25.0. The van der Waals surface area contributed by atoms with Gasteiger partial charge in [0.25, 0.3) is 36.3 Å². The first-order valence-corrected chi connectivity index (χ1v) is 34.4. The number of nitrogen functional groups attached to an aromatic ring is 2. The van der Waals surface area contributed by atoms with Crippen LogP contribution >= 0.6 is 21.7 Å². The van der Waals surface area contributed by atoms with E-state index >= 15 is 0 Å². The fourth-order valence-electron chi connectivity index (χ4n) is 8.12. The van der Waals surface area contributed by atoms with Crippen molar-refractivity contribution in [2.45, 2.75) is 36.3 Å². The van der Waals surface area contributed by atoms with Gasteiger partial charge in [0.05, 0.1) is 66.3 Å². The number of amides is 1. The van der Waals surface area contributed by atoms with Gasteiger partial charge in [0.2, 0.25) is 0 Å². The summed E-state index contributed by atoms with van der Waals surface area (Å²) in [6.45, 7) is 0.846. The second-order valence-corrected chi connectivity index (χ2v) is 28.8. The summed E-state index contributed by atoms with van der Waals surface area (Å²) in [6.07, 6.45) is 0. The number of nitrogens with zero attached hydrogens (tertiary/aromatic N) is 8. The number of rotatable bonds is 20. The van der Waals surface area contributed by atoms with Gasteiger partial charge in [-0.2, -0.15) is 49.0 Å². The molecule has 0 atom stereocenters. The maximum atomic E-state index is 13.5. The lowest BCUT2D eigenvalue weighted by Gasteiger charge is -2.23. The van der Waals surface area contributed by atoms with E-state index in [9.17, 15) is 98.1 Å². The van der Waals surface area contributed by atoms with Crippen molar-refractivity contribution in [3.05, 3.63) is 126 Å². The normalized spacial score (nSPS) is 13.6. The van der Waals surface area contributed by atoms with Crippen LogP contribution in [0.15, 0.2) is 186 Å². The number of hydrogen-bond donors (Lipinski definition) is 15. The summed E-state index contributed by atoms with van der Waals surface area (Å²) >= 11 is 0. The molecule has 0 aliphatic rings. The fourth-order valence-corrected chi connectivity index (χ4v) is 13.0. The molecular formula is C48H43N11O24S7. The van der Waals surface area contributed by atoms with Crippen LogP contribution in [0.1, 0.15) is 15.9 Å². The molecule has 8 rings (SSSR count). The summed E-state index contributed by atoms with van der Waals surface area (Å²) in [5, 5.41) is 54.0. The summed E-state index contributed by atoms with van der Waals surface area (Å²) in [5.74, 6) is -4.22. The average Bonchev–Trinajstić information content (AvgIpc) is 0.750. The molecule has 0 saturated heterocycles. The predicted octanol–water partition coefficient (Wildman–Crippen LogP) is 11.3. The van der Waals surface area contributed by atoms with Crippen molar-refractivity contribution < 1.29 is 107 Å². The van der Waals surface area contributed by atoms with E-state index in [1.165, 1.54) is 24.3 Å².